The van der Waals surface area contributed by atoms with Crippen LogP contribution in [0.5, 0.6) is 0 Å². The van der Waals surface area contributed by atoms with Gasteiger partial charge in [-0.05, 0) is 35.4 Å². The molecule has 0 radical (unpaired) electrons. The van der Waals surface area contributed by atoms with Crippen molar-refractivity contribution in [1.29, 1.82) is 0 Å². The molecule has 3 aromatic heterocycles. The lowest BCUT2D eigenvalue weighted by atomic mass is 10.2. The van der Waals surface area contributed by atoms with Crippen LogP contribution in [0, 0.1) is 6.92 Å². The Morgan fingerprint density at radius 3 is 3.11 bits per heavy atom. The van der Waals surface area contributed by atoms with E-state index in [1.165, 1.54) is 0 Å². The van der Waals surface area contributed by atoms with E-state index in [1.54, 1.807) is 24.3 Å². The van der Waals surface area contributed by atoms with E-state index >= 15 is 0 Å². The molecule has 0 bridgehead atoms. The second-order valence-electron chi connectivity index (χ2n) is 3.80. The fraction of sp³-hybridized carbons (Fsp3) is 0.0833. The Bertz CT molecular complexity index is 768. The van der Waals surface area contributed by atoms with Crippen LogP contribution in [0.4, 0.5) is 0 Å². The molecule has 0 aliphatic heterocycles. The smallest absolute Gasteiger partial charge is 0.294 e. The number of hydrogen-bond acceptors (Lipinski definition) is 5. The van der Waals surface area contributed by atoms with Gasteiger partial charge in [0.05, 0.1) is 11.1 Å². The number of aromatic amines is 1. The van der Waals surface area contributed by atoms with E-state index in [-0.39, 0.29) is 11.1 Å². The summed E-state index contributed by atoms with van der Waals surface area (Å²) in [4.78, 5) is 11.5. The maximum atomic E-state index is 11.5. The quantitative estimate of drug-likeness (QED) is 0.767. The van der Waals surface area contributed by atoms with Gasteiger partial charge in [0.25, 0.3) is 5.56 Å². The lowest BCUT2D eigenvalue weighted by Crippen LogP contribution is -2.09. The second kappa shape index (κ2) is 4.23. The summed E-state index contributed by atoms with van der Waals surface area (Å²) >= 11 is 1.62. The summed E-state index contributed by atoms with van der Waals surface area (Å²) in [7, 11) is 0. The molecule has 0 aliphatic rings. The predicted molar refractivity (Wildman–Crippen MR) is 70.4 cm³/mol. The van der Waals surface area contributed by atoms with Crippen molar-refractivity contribution in [3.8, 4) is 0 Å². The molecular formula is C12H9N3O2S. The van der Waals surface area contributed by atoms with Gasteiger partial charge in [-0.1, -0.05) is 11.2 Å². The average molecular weight is 259 g/mol. The molecule has 0 saturated heterocycles. The zero-order chi connectivity index (χ0) is 12.5. The molecule has 0 amide bonds. The third kappa shape index (κ3) is 1.76. The molecule has 0 saturated carbocycles. The van der Waals surface area contributed by atoms with Crippen molar-refractivity contribution in [3.05, 3.63) is 44.2 Å². The lowest BCUT2D eigenvalue weighted by molar-refractivity contribution is 0.421. The van der Waals surface area contributed by atoms with Crippen molar-refractivity contribution in [2.75, 3.05) is 0 Å². The fourth-order valence-electron chi connectivity index (χ4n) is 1.71. The van der Waals surface area contributed by atoms with Crippen molar-refractivity contribution >= 4 is 34.4 Å². The number of fused-ring (bicyclic) bond motifs is 1. The highest BCUT2D eigenvalue weighted by molar-refractivity contribution is 7.08. The summed E-state index contributed by atoms with van der Waals surface area (Å²) in [6.07, 6.45) is 3.71. The van der Waals surface area contributed by atoms with Gasteiger partial charge < -0.3 is 4.52 Å². The van der Waals surface area contributed by atoms with E-state index < -0.39 is 0 Å². The molecule has 0 aliphatic carbocycles. The molecule has 0 spiro atoms. The van der Waals surface area contributed by atoms with Crippen molar-refractivity contribution in [2.45, 2.75) is 6.92 Å². The number of aryl methyl sites for hydroxylation is 1. The van der Waals surface area contributed by atoms with Crippen LogP contribution in [0.15, 0.2) is 26.1 Å². The number of hydrogen-bond donors (Lipinski definition) is 1. The Hall–Kier alpha value is -2.21. The standard InChI is InChI=1S/C12H9N3O2S/c1-7-10-9(3-2-8-4-5-18-6-8)17-15-11(10)12(16)14-13-7/h2-6H,1H3,(H,14,16). The van der Waals surface area contributed by atoms with Crippen molar-refractivity contribution in [3.63, 3.8) is 0 Å². The highest BCUT2D eigenvalue weighted by atomic mass is 32.1. The molecule has 3 heterocycles. The van der Waals surface area contributed by atoms with Crippen LogP contribution in [-0.4, -0.2) is 15.4 Å². The Kier molecular flexibility index (Phi) is 2.56. The van der Waals surface area contributed by atoms with Crippen LogP contribution in [0.25, 0.3) is 23.1 Å². The minimum atomic E-state index is -0.338. The van der Waals surface area contributed by atoms with Gasteiger partial charge in [-0.2, -0.15) is 16.4 Å². The van der Waals surface area contributed by atoms with Crippen LogP contribution in [0.1, 0.15) is 17.0 Å². The molecule has 90 valence electrons. The van der Waals surface area contributed by atoms with E-state index in [9.17, 15) is 4.79 Å². The maximum Gasteiger partial charge on any atom is 0.294 e. The summed E-state index contributed by atoms with van der Waals surface area (Å²) in [6, 6.07) is 2.00. The van der Waals surface area contributed by atoms with E-state index in [2.05, 4.69) is 15.4 Å². The zero-order valence-corrected chi connectivity index (χ0v) is 10.3. The largest absolute Gasteiger partial charge is 0.355 e. The van der Waals surface area contributed by atoms with Crippen molar-refractivity contribution in [2.24, 2.45) is 0 Å². The zero-order valence-electron chi connectivity index (χ0n) is 9.51. The van der Waals surface area contributed by atoms with Crippen LogP contribution in [0.2, 0.25) is 0 Å². The van der Waals surface area contributed by atoms with E-state index in [1.807, 2.05) is 22.9 Å². The van der Waals surface area contributed by atoms with Crippen LogP contribution in [0.3, 0.4) is 0 Å². The summed E-state index contributed by atoms with van der Waals surface area (Å²) in [5, 5.41) is 14.7. The lowest BCUT2D eigenvalue weighted by Gasteiger charge is -1.92. The minimum Gasteiger partial charge on any atom is -0.355 e. The van der Waals surface area contributed by atoms with Gasteiger partial charge >= 0.3 is 0 Å². The number of nitrogens with one attached hydrogen (secondary N) is 1. The molecule has 5 nitrogen and oxygen atoms in total. The average Bonchev–Trinajstić information content (AvgIpc) is 3.00. The Labute approximate surface area is 106 Å². The number of nitrogens with zero attached hydrogens (tertiary/aromatic N) is 2. The molecule has 1 N–H and O–H groups in total. The normalized spacial score (nSPS) is 11.6. The second-order valence-corrected chi connectivity index (χ2v) is 4.58. The number of H-pyrrole nitrogens is 1. The first kappa shape index (κ1) is 10.9. The third-order valence-corrected chi connectivity index (χ3v) is 3.29. The van der Waals surface area contributed by atoms with Gasteiger partial charge in [0.15, 0.2) is 11.3 Å². The van der Waals surface area contributed by atoms with E-state index in [0.29, 0.717) is 16.8 Å². The van der Waals surface area contributed by atoms with Gasteiger partial charge in [0.1, 0.15) is 0 Å². The number of rotatable bonds is 2. The minimum absolute atomic E-state index is 0.285. The van der Waals surface area contributed by atoms with Gasteiger partial charge in [-0.3, -0.25) is 4.79 Å². The Morgan fingerprint density at radius 1 is 1.44 bits per heavy atom. The molecular weight excluding hydrogens is 250 g/mol. The van der Waals surface area contributed by atoms with Crippen LogP contribution >= 0.6 is 11.3 Å². The number of thiophene rings is 1. The van der Waals surface area contributed by atoms with Crippen LogP contribution in [-0.2, 0) is 0 Å². The molecule has 6 heteroatoms. The summed E-state index contributed by atoms with van der Waals surface area (Å²) in [5.74, 6) is 0.548. The summed E-state index contributed by atoms with van der Waals surface area (Å²) in [5.41, 5.74) is 1.72. The SMILES string of the molecule is Cc1n[nH]c(=O)c2noc(C=Cc3ccsc3)c12. The maximum absolute atomic E-state index is 11.5. The first-order valence-corrected chi connectivity index (χ1v) is 6.25. The summed E-state index contributed by atoms with van der Waals surface area (Å²) < 4.78 is 5.18. The molecule has 3 rings (SSSR count). The molecule has 18 heavy (non-hydrogen) atoms. The molecule has 0 atom stereocenters. The van der Waals surface area contributed by atoms with Crippen molar-refractivity contribution in [1.82, 2.24) is 15.4 Å². The fourth-order valence-corrected chi connectivity index (χ4v) is 2.33. The monoisotopic (exact) mass is 259 g/mol. The topological polar surface area (TPSA) is 71.8 Å². The molecule has 0 fully saturated rings. The van der Waals surface area contributed by atoms with Gasteiger partial charge in [-0.25, -0.2) is 5.10 Å². The first-order chi connectivity index (χ1) is 8.75. The highest BCUT2D eigenvalue weighted by Gasteiger charge is 2.12. The molecule has 3 aromatic rings. The Morgan fingerprint density at radius 2 is 2.33 bits per heavy atom. The van der Waals surface area contributed by atoms with E-state index in [4.69, 9.17) is 4.52 Å². The van der Waals surface area contributed by atoms with E-state index in [0.717, 1.165) is 5.56 Å². The van der Waals surface area contributed by atoms with Gasteiger partial charge in [-0.15, -0.1) is 0 Å². The first-order valence-electron chi connectivity index (χ1n) is 5.30. The molecule has 0 unspecified atom stereocenters. The highest BCUT2D eigenvalue weighted by Crippen LogP contribution is 2.20. The summed E-state index contributed by atoms with van der Waals surface area (Å²) in [6.45, 7) is 1.80. The molecule has 0 aromatic carbocycles. The van der Waals surface area contributed by atoms with Gasteiger partial charge in [0.2, 0.25) is 0 Å². The Balaban J connectivity index is 2.13. The predicted octanol–water partition coefficient (Wildman–Crippen LogP) is 2.45. The number of aromatic nitrogens is 3. The van der Waals surface area contributed by atoms with Crippen LogP contribution < -0.4 is 5.56 Å². The third-order valence-electron chi connectivity index (χ3n) is 2.59. The van der Waals surface area contributed by atoms with Crippen molar-refractivity contribution < 1.29 is 4.52 Å². The van der Waals surface area contributed by atoms with Gasteiger partial charge in [0, 0.05) is 0 Å².